The van der Waals surface area contributed by atoms with Gasteiger partial charge >= 0.3 is 6.55 Å². The zero-order chi connectivity index (χ0) is 23.0. The molecule has 1 aromatic carbocycles. The van der Waals surface area contributed by atoms with Crippen LogP contribution in [0.1, 0.15) is 48.6 Å². The highest BCUT2D eigenvalue weighted by Crippen LogP contribution is 2.27. The Labute approximate surface area is 182 Å². The predicted octanol–water partition coefficient (Wildman–Crippen LogP) is 2.92. The molecule has 3 aromatic heterocycles. The largest absolute Gasteiger partial charge is 0.366 e. The van der Waals surface area contributed by atoms with Gasteiger partial charge in [-0.15, -0.1) is 5.10 Å². The van der Waals surface area contributed by atoms with E-state index in [1.807, 2.05) is 13.8 Å². The van der Waals surface area contributed by atoms with Crippen molar-refractivity contribution in [2.24, 2.45) is 0 Å². The van der Waals surface area contributed by atoms with Gasteiger partial charge < -0.3 is 11.1 Å². The summed E-state index contributed by atoms with van der Waals surface area (Å²) < 4.78 is 29.8. The number of fused-ring (bicyclic) bond motifs is 2. The summed E-state index contributed by atoms with van der Waals surface area (Å²) in [5.74, 6) is 0.222. The Morgan fingerprint density at radius 2 is 1.94 bits per heavy atom. The first kappa shape index (κ1) is 21.6. The summed E-state index contributed by atoms with van der Waals surface area (Å²) in [5, 5.41) is 6.95. The Kier molecular flexibility index (Phi) is 5.72. The smallest absolute Gasteiger partial charge is 0.320 e. The molecule has 0 saturated heterocycles. The molecule has 0 fully saturated rings. The van der Waals surface area contributed by atoms with Crippen molar-refractivity contribution in [3.8, 4) is 0 Å². The Bertz CT molecular complexity index is 1300. The van der Waals surface area contributed by atoms with E-state index in [0.717, 1.165) is 21.5 Å². The van der Waals surface area contributed by atoms with Gasteiger partial charge in [-0.25, -0.2) is 9.97 Å². The second kappa shape index (κ2) is 8.48. The molecule has 32 heavy (non-hydrogen) atoms. The van der Waals surface area contributed by atoms with Crippen LogP contribution in [0.4, 0.5) is 14.7 Å². The molecule has 0 bridgehead atoms. The second-order valence-electron chi connectivity index (χ2n) is 7.75. The molecule has 0 spiro atoms. The third-order valence-electron chi connectivity index (χ3n) is 5.53. The number of nitrogen functional groups attached to an aromatic ring is 1. The summed E-state index contributed by atoms with van der Waals surface area (Å²) in [6, 6.07) is 6.76. The van der Waals surface area contributed by atoms with Gasteiger partial charge in [0.2, 0.25) is 11.9 Å². The molecular formula is C21H24F2N8O. The summed E-state index contributed by atoms with van der Waals surface area (Å²) in [4.78, 5) is 25.3. The summed E-state index contributed by atoms with van der Waals surface area (Å²) in [6.07, 6.45) is 0.674. The molecule has 0 radical (unpaired) electrons. The lowest BCUT2D eigenvalue weighted by atomic mass is 10.1. The van der Waals surface area contributed by atoms with Crippen molar-refractivity contribution < 1.29 is 13.6 Å². The maximum absolute atomic E-state index is 13.7. The number of benzene rings is 1. The van der Waals surface area contributed by atoms with Crippen LogP contribution in [0.25, 0.3) is 16.8 Å². The number of carbonyl (C=O) groups excluding carboxylic acids is 1. The van der Waals surface area contributed by atoms with Gasteiger partial charge in [0.1, 0.15) is 5.82 Å². The van der Waals surface area contributed by atoms with Crippen LogP contribution in [0.15, 0.2) is 24.3 Å². The molecule has 0 saturated carbocycles. The molecule has 168 valence electrons. The van der Waals surface area contributed by atoms with Crippen molar-refractivity contribution in [2.75, 3.05) is 12.3 Å². The molecule has 9 nitrogen and oxygen atoms in total. The minimum absolute atomic E-state index is 0.138. The van der Waals surface area contributed by atoms with Crippen LogP contribution in [-0.2, 0) is 11.2 Å². The lowest BCUT2D eigenvalue weighted by Crippen LogP contribution is -2.29. The average Bonchev–Trinajstić information content (AvgIpc) is 3.32. The quantitative estimate of drug-likeness (QED) is 0.455. The van der Waals surface area contributed by atoms with Gasteiger partial charge in [-0.2, -0.15) is 18.3 Å². The molecule has 1 atom stereocenters. The van der Waals surface area contributed by atoms with Gasteiger partial charge in [-0.3, -0.25) is 9.36 Å². The first-order valence-corrected chi connectivity index (χ1v) is 10.3. The first-order valence-electron chi connectivity index (χ1n) is 10.3. The molecule has 1 unspecified atom stereocenters. The number of hydrogen-bond acceptors (Lipinski definition) is 6. The fourth-order valence-corrected chi connectivity index (χ4v) is 3.89. The molecule has 4 rings (SSSR count). The van der Waals surface area contributed by atoms with Crippen molar-refractivity contribution in [1.29, 1.82) is 0 Å². The van der Waals surface area contributed by atoms with Crippen molar-refractivity contribution >= 4 is 28.7 Å². The Balaban J connectivity index is 1.42. The Hall–Kier alpha value is -3.63. The number of carbonyl (C=O) groups is 1. The van der Waals surface area contributed by atoms with Gasteiger partial charge in [0.05, 0.1) is 11.0 Å². The number of nitrogens with one attached hydrogen (secondary N) is 1. The highest BCUT2D eigenvalue weighted by Gasteiger charge is 2.22. The van der Waals surface area contributed by atoms with E-state index >= 15 is 0 Å². The number of nitrogens with two attached hydrogens (primary N) is 1. The number of aryl methyl sites for hydroxylation is 2. The van der Waals surface area contributed by atoms with Gasteiger partial charge in [-0.1, -0.05) is 19.1 Å². The van der Waals surface area contributed by atoms with E-state index < -0.39 is 6.55 Å². The Morgan fingerprint density at radius 3 is 2.69 bits per heavy atom. The third-order valence-corrected chi connectivity index (χ3v) is 5.53. The summed E-state index contributed by atoms with van der Waals surface area (Å²) in [5.41, 5.74) is 9.00. The number of rotatable bonds is 7. The molecule has 0 aliphatic heterocycles. The van der Waals surface area contributed by atoms with Crippen molar-refractivity contribution in [1.82, 2.24) is 34.4 Å². The SMILES string of the molecule is Cc1nc2nc(N)nn2c(C)c1CCC(=O)NCC(C)c1nc2ccccc2n1C(F)F. The number of nitrogens with zero attached hydrogens (tertiary/aromatic N) is 6. The highest BCUT2D eigenvalue weighted by molar-refractivity contribution is 5.77. The lowest BCUT2D eigenvalue weighted by Gasteiger charge is -2.15. The van der Waals surface area contributed by atoms with Crippen LogP contribution in [0, 0.1) is 13.8 Å². The zero-order valence-electron chi connectivity index (χ0n) is 18.0. The second-order valence-corrected chi connectivity index (χ2v) is 7.75. The fourth-order valence-electron chi connectivity index (χ4n) is 3.89. The number of hydrogen-bond donors (Lipinski definition) is 2. The molecule has 11 heteroatoms. The van der Waals surface area contributed by atoms with E-state index in [-0.39, 0.29) is 36.6 Å². The topological polar surface area (TPSA) is 116 Å². The van der Waals surface area contributed by atoms with Crippen LogP contribution in [-0.4, -0.2) is 41.6 Å². The molecule has 3 heterocycles. The number of alkyl halides is 2. The van der Waals surface area contributed by atoms with Gasteiger partial charge in [-0.05, 0) is 38.0 Å². The van der Waals surface area contributed by atoms with Gasteiger partial charge in [0.15, 0.2) is 0 Å². The standard InChI is InChI=1S/C21H24F2N8O/c1-11(18-27-15-6-4-5-7-16(15)30(18)19(22)23)10-25-17(32)9-8-14-12(2)26-21-28-20(24)29-31(21)13(14)3/h4-7,11,19H,8-10H2,1-3H3,(H2,24,29)(H,25,32). The van der Waals surface area contributed by atoms with E-state index in [2.05, 4.69) is 25.4 Å². The number of para-hydroxylation sites is 2. The molecule has 0 aliphatic carbocycles. The van der Waals surface area contributed by atoms with Crippen LogP contribution < -0.4 is 11.1 Å². The van der Waals surface area contributed by atoms with E-state index in [1.54, 1.807) is 35.7 Å². The molecule has 0 aliphatic rings. The van der Waals surface area contributed by atoms with Gasteiger partial charge in [0, 0.05) is 30.3 Å². The third kappa shape index (κ3) is 3.97. The number of halogens is 2. The maximum Gasteiger partial charge on any atom is 0.320 e. The predicted molar refractivity (Wildman–Crippen MR) is 115 cm³/mol. The fraction of sp³-hybridized carbons (Fsp3) is 0.381. The Morgan fingerprint density at radius 1 is 1.19 bits per heavy atom. The number of amides is 1. The highest BCUT2D eigenvalue weighted by atomic mass is 19.3. The van der Waals surface area contributed by atoms with E-state index in [0.29, 0.717) is 23.2 Å². The first-order chi connectivity index (χ1) is 15.3. The monoisotopic (exact) mass is 442 g/mol. The van der Waals surface area contributed by atoms with Crippen molar-refractivity contribution in [3.05, 3.63) is 47.0 Å². The number of anilines is 1. The summed E-state index contributed by atoms with van der Waals surface area (Å²) in [6.45, 7) is 2.97. The van der Waals surface area contributed by atoms with E-state index in [4.69, 9.17) is 5.73 Å². The normalized spacial score (nSPS) is 12.7. The number of aromatic nitrogens is 6. The van der Waals surface area contributed by atoms with Crippen molar-refractivity contribution in [2.45, 2.75) is 46.1 Å². The minimum Gasteiger partial charge on any atom is -0.366 e. The van der Waals surface area contributed by atoms with E-state index in [9.17, 15) is 13.6 Å². The van der Waals surface area contributed by atoms with Crippen LogP contribution in [0.2, 0.25) is 0 Å². The molecular weight excluding hydrogens is 418 g/mol. The average molecular weight is 442 g/mol. The minimum atomic E-state index is -2.71. The lowest BCUT2D eigenvalue weighted by molar-refractivity contribution is -0.121. The van der Waals surface area contributed by atoms with E-state index in [1.165, 1.54) is 0 Å². The number of imidazole rings is 1. The maximum atomic E-state index is 13.7. The summed E-state index contributed by atoms with van der Waals surface area (Å²) in [7, 11) is 0. The summed E-state index contributed by atoms with van der Waals surface area (Å²) >= 11 is 0. The van der Waals surface area contributed by atoms with Crippen LogP contribution >= 0.6 is 0 Å². The van der Waals surface area contributed by atoms with Crippen LogP contribution in [0.3, 0.4) is 0 Å². The van der Waals surface area contributed by atoms with Crippen LogP contribution in [0.5, 0.6) is 0 Å². The van der Waals surface area contributed by atoms with Crippen molar-refractivity contribution in [3.63, 3.8) is 0 Å². The molecule has 4 aromatic rings. The molecule has 1 amide bonds. The molecule has 3 N–H and O–H groups in total. The zero-order valence-corrected chi connectivity index (χ0v) is 18.0. The van der Waals surface area contributed by atoms with Gasteiger partial charge in [0.25, 0.3) is 5.78 Å².